The van der Waals surface area contributed by atoms with Gasteiger partial charge in [0.05, 0.1) is 7.11 Å². The summed E-state index contributed by atoms with van der Waals surface area (Å²) in [6.45, 7) is 0.602. The van der Waals surface area contributed by atoms with Crippen molar-refractivity contribution in [3.05, 3.63) is 59.4 Å². The quantitative estimate of drug-likeness (QED) is 0.862. The molecule has 0 aliphatic carbocycles. The van der Waals surface area contributed by atoms with Crippen molar-refractivity contribution in [3.8, 4) is 5.75 Å². The molecular weight excluding hydrogens is 287 g/mol. The summed E-state index contributed by atoms with van der Waals surface area (Å²) in [4.78, 5) is 2.14. The standard InChI is InChI=1S/C16H17FN2OS/c1-19(10-11-5-3-4-6-15(11)20-2)14-8-7-12(17)9-13(14)16(18)21/h3-9H,10H2,1-2H3,(H2,18,21). The van der Waals surface area contributed by atoms with Crippen LogP contribution in [0.15, 0.2) is 42.5 Å². The highest BCUT2D eigenvalue weighted by Crippen LogP contribution is 2.25. The van der Waals surface area contributed by atoms with Crippen molar-refractivity contribution >= 4 is 22.9 Å². The summed E-state index contributed by atoms with van der Waals surface area (Å²) in [5.41, 5.74) is 8.03. The maximum atomic E-state index is 13.4. The Bertz CT molecular complexity index is 660. The molecule has 2 N–H and O–H groups in total. The van der Waals surface area contributed by atoms with Crippen molar-refractivity contribution in [2.75, 3.05) is 19.1 Å². The van der Waals surface area contributed by atoms with Crippen LogP contribution >= 0.6 is 12.2 Å². The van der Waals surface area contributed by atoms with E-state index in [2.05, 4.69) is 0 Å². The second-order valence-electron chi connectivity index (χ2n) is 4.69. The van der Waals surface area contributed by atoms with E-state index in [9.17, 15) is 4.39 Å². The number of rotatable bonds is 5. The first-order valence-corrected chi connectivity index (χ1v) is 6.86. The molecule has 2 aromatic rings. The minimum absolute atomic E-state index is 0.177. The Morgan fingerprint density at radius 2 is 2.00 bits per heavy atom. The number of para-hydroxylation sites is 1. The third-order valence-corrected chi connectivity index (χ3v) is 3.46. The van der Waals surface area contributed by atoms with Gasteiger partial charge in [-0.25, -0.2) is 4.39 Å². The molecule has 0 aliphatic heterocycles. The predicted octanol–water partition coefficient (Wildman–Crippen LogP) is 3.10. The maximum absolute atomic E-state index is 13.4. The lowest BCUT2D eigenvalue weighted by Gasteiger charge is -2.23. The van der Waals surface area contributed by atoms with Gasteiger partial charge in [0, 0.05) is 30.4 Å². The van der Waals surface area contributed by atoms with E-state index in [-0.39, 0.29) is 10.8 Å². The largest absolute Gasteiger partial charge is 0.496 e. The van der Waals surface area contributed by atoms with Gasteiger partial charge in [0.2, 0.25) is 0 Å². The van der Waals surface area contributed by atoms with Gasteiger partial charge in [-0.15, -0.1) is 0 Å². The zero-order valence-corrected chi connectivity index (χ0v) is 12.8. The van der Waals surface area contributed by atoms with Crippen molar-refractivity contribution in [1.29, 1.82) is 0 Å². The molecule has 0 fully saturated rings. The van der Waals surface area contributed by atoms with Crippen molar-refractivity contribution < 1.29 is 9.13 Å². The molecule has 0 aliphatic rings. The summed E-state index contributed by atoms with van der Waals surface area (Å²) in [5.74, 6) is 0.454. The molecule has 0 saturated carbocycles. The normalized spacial score (nSPS) is 10.2. The zero-order chi connectivity index (χ0) is 15.4. The molecule has 110 valence electrons. The van der Waals surface area contributed by atoms with Crippen LogP contribution in [-0.4, -0.2) is 19.1 Å². The SMILES string of the molecule is COc1ccccc1CN(C)c1ccc(F)cc1C(N)=S. The number of ether oxygens (including phenoxy) is 1. The first-order valence-electron chi connectivity index (χ1n) is 6.45. The minimum atomic E-state index is -0.354. The van der Waals surface area contributed by atoms with E-state index in [1.807, 2.05) is 36.2 Å². The van der Waals surface area contributed by atoms with Crippen LogP contribution in [0.4, 0.5) is 10.1 Å². The van der Waals surface area contributed by atoms with Crippen LogP contribution in [0.1, 0.15) is 11.1 Å². The van der Waals surface area contributed by atoms with Gasteiger partial charge in [-0.1, -0.05) is 30.4 Å². The highest BCUT2D eigenvalue weighted by molar-refractivity contribution is 7.80. The average molecular weight is 304 g/mol. The topological polar surface area (TPSA) is 38.5 Å². The summed E-state index contributed by atoms with van der Waals surface area (Å²) in [6.07, 6.45) is 0. The molecule has 0 unspecified atom stereocenters. The van der Waals surface area contributed by atoms with E-state index in [4.69, 9.17) is 22.7 Å². The highest BCUT2D eigenvalue weighted by atomic mass is 32.1. The molecule has 21 heavy (non-hydrogen) atoms. The van der Waals surface area contributed by atoms with Crippen molar-refractivity contribution in [2.45, 2.75) is 6.54 Å². The Morgan fingerprint density at radius 1 is 1.29 bits per heavy atom. The summed E-state index contributed by atoms with van der Waals surface area (Å²) >= 11 is 5.00. The second kappa shape index (κ2) is 6.54. The average Bonchev–Trinajstić information content (AvgIpc) is 2.47. The van der Waals surface area contributed by atoms with Crippen LogP contribution in [0.5, 0.6) is 5.75 Å². The molecule has 0 spiro atoms. The fourth-order valence-corrected chi connectivity index (χ4v) is 2.38. The van der Waals surface area contributed by atoms with Gasteiger partial charge >= 0.3 is 0 Å². The smallest absolute Gasteiger partial charge is 0.124 e. The van der Waals surface area contributed by atoms with E-state index in [1.54, 1.807) is 13.2 Å². The first kappa shape index (κ1) is 15.3. The zero-order valence-electron chi connectivity index (χ0n) is 12.0. The van der Waals surface area contributed by atoms with Gasteiger partial charge < -0.3 is 15.4 Å². The number of methoxy groups -OCH3 is 1. The molecule has 0 aromatic heterocycles. The predicted molar refractivity (Wildman–Crippen MR) is 87.4 cm³/mol. The molecule has 3 nitrogen and oxygen atoms in total. The van der Waals surface area contributed by atoms with Crippen molar-refractivity contribution in [2.24, 2.45) is 5.73 Å². The Morgan fingerprint density at radius 3 is 2.67 bits per heavy atom. The van der Waals surface area contributed by atoms with E-state index in [0.29, 0.717) is 12.1 Å². The number of thiocarbonyl (C=S) groups is 1. The van der Waals surface area contributed by atoms with Gasteiger partial charge in [0.25, 0.3) is 0 Å². The van der Waals surface area contributed by atoms with Gasteiger partial charge in [-0.2, -0.15) is 0 Å². The molecule has 0 saturated heterocycles. The molecule has 0 bridgehead atoms. The van der Waals surface area contributed by atoms with Crippen LogP contribution in [0, 0.1) is 5.82 Å². The molecule has 0 amide bonds. The van der Waals surface area contributed by atoms with Crippen LogP contribution in [0.2, 0.25) is 0 Å². The fourth-order valence-electron chi connectivity index (χ4n) is 2.21. The minimum Gasteiger partial charge on any atom is -0.496 e. The fraction of sp³-hybridized carbons (Fsp3) is 0.188. The molecule has 0 heterocycles. The van der Waals surface area contributed by atoms with Crippen LogP contribution in [-0.2, 0) is 6.54 Å². The third-order valence-electron chi connectivity index (χ3n) is 3.24. The summed E-state index contributed by atoms with van der Waals surface area (Å²) < 4.78 is 18.7. The van der Waals surface area contributed by atoms with Crippen LogP contribution in [0.25, 0.3) is 0 Å². The number of nitrogens with two attached hydrogens (primary N) is 1. The second-order valence-corrected chi connectivity index (χ2v) is 5.13. The summed E-state index contributed by atoms with van der Waals surface area (Å²) in [5, 5.41) is 0. The van der Waals surface area contributed by atoms with Gasteiger partial charge in [-0.05, 0) is 24.3 Å². The van der Waals surface area contributed by atoms with E-state index in [0.717, 1.165) is 17.0 Å². The Balaban J connectivity index is 2.32. The monoisotopic (exact) mass is 304 g/mol. The van der Waals surface area contributed by atoms with Gasteiger partial charge in [-0.3, -0.25) is 0 Å². The van der Waals surface area contributed by atoms with Crippen LogP contribution in [0.3, 0.4) is 0 Å². The Kier molecular flexibility index (Phi) is 4.75. The lowest BCUT2D eigenvalue weighted by atomic mass is 10.1. The van der Waals surface area contributed by atoms with Crippen LogP contribution < -0.4 is 15.4 Å². The van der Waals surface area contributed by atoms with Crippen molar-refractivity contribution in [1.82, 2.24) is 0 Å². The third kappa shape index (κ3) is 3.49. The molecule has 5 heteroatoms. The number of nitrogens with zero attached hydrogens (tertiary/aromatic N) is 1. The Hall–Kier alpha value is -2.14. The number of halogens is 1. The first-order chi connectivity index (χ1) is 10.0. The lowest BCUT2D eigenvalue weighted by molar-refractivity contribution is 0.409. The molecular formula is C16H17FN2OS. The number of hydrogen-bond acceptors (Lipinski definition) is 3. The maximum Gasteiger partial charge on any atom is 0.124 e. The molecule has 0 radical (unpaired) electrons. The number of hydrogen-bond donors (Lipinski definition) is 1. The number of anilines is 1. The van der Waals surface area contributed by atoms with E-state index >= 15 is 0 Å². The molecule has 2 rings (SSSR count). The van der Waals surface area contributed by atoms with Gasteiger partial charge in [0.1, 0.15) is 16.6 Å². The highest BCUT2D eigenvalue weighted by Gasteiger charge is 2.13. The van der Waals surface area contributed by atoms with Crippen molar-refractivity contribution in [3.63, 3.8) is 0 Å². The van der Waals surface area contributed by atoms with Gasteiger partial charge in [0.15, 0.2) is 0 Å². The summed E-state index contributed by atoms with van der Waals surface area (Å²) in [7, 11) is 3.54. The van der Waals surface area contributed by atoms with E-state index in [1.165, 1.54) is 12.1 Å². The molecule has 2 aromatic carbocycles. The Labute approximate surface area is 129 Å². The number of benzene rings is 2. The van der Waals surface area contributed by atoms with E-state index < -0.39 is 0 Å². The summed E-state index contributed by atoms with van der Waals surface area (Å²) in [6, 6.07) is 12.2. The lowest BCUT2D eigenvalue weighted by Crippen LogP contribution is -2.22. The molecule has 0 atom stereocenters.